The summed E-state index contributed by atoms with van der Waals surface area (Å²) in [6, 6.07) is 17.3. The smallest absolute Gasteiger partial charge is 0.319 e. The third-order valence-corrected chi connectivity index (χ3v) is 4.38. The van der Waals surface area contributed by atoms with E-state index in [1.807, 2.05) is 18.2 Å². The molecule has 1 fully saturated rings. The summed E-state index contributed by atoms with van der Waals surface area (Å²) in [4.78, 5) is 12.3. The van der Waals surface area contributed by atoms with E-state index in [0.717, 1.165) is 25.2 Å². The number of carbonyl (C=O) groups excluding carboxylic acids is 1. The second-order valence-electron chi connectivity index (χ2n) is 5.72. The first-order valence-corrected chi connectivity index (χ1v) is 8.19. The minimum absolute atomic E-state index is 0.0680. The predicted octanol–water partition coefficient (Wildman–Crippen LogP) is 3.61. The van der Waals surface area contributed by atoms with Crippen LogP contribution in [0.5, 0.6) is 0 Å². The van der Waals surface area contributed by atoms with Crippen LogP contribution in [0.1, 0.15) is 17.9 Å². The molecule has 0 radical (unpaired) electrons. The molecule has 0 spiro atoms. The Balaban J connectivity index is 1.64. The Labute approximate surface area is 141 Å². The van der Waals surface area contributed by atoms with Crippen molar-refractivity contribution in [3.05, 3.63) is 65.2 Å². The van der Waals surface area contributed by atoms with Gasteiger partial charge >= 0.3 is 6.03 Å². The van der Waals surface area contributed by atoms with Crippen molar-refractivity contribution in [2.75, 3.05) is 18.4 Å². The minimum atomic E-state index is -0.193. The van der Waals surface area contributed by atoms with Crippen LogP contribution in [0.4, 0.5) is 10.5 Å². The van der Waals surface area contributed by atoms with Crippen LogP contribution in [0.25, 0.3) is 0 Å². The molecule has 2 aromatic carbocycles. The fourth-order valence-corrected chi connectivity index (χ4v) is 3.10. The van der Waals surface area contributed by atoms with Crippen molar-refractivity contribution in [1.82, 2.24) is 10.6 Å². The van der Waals surface area contributed by atoms with Gasteiger partial charge in [-0.25, -0.2) is 4.79 Å². The third kappa shape index (κ3) is 4.24. The highest BCUT2D eigenvalue weighted by Crippen LogP contribution is 2.25. The van der Waals surface area contributed by atoms with Crippen LogP contribution in [0.15, 0.2) is 54.6 Å². The van der Waals surface area contributed by atoms with E-state index in [1.165, 1.54) is 5.56 Å². The van der Waals surface area contributed by atoms with Crippen LogP contribution in [-0.2, 0) is 0 Å². The van der Waals surface area contributed by atoms with Crippen LogP contribution >= 0.6 is 11.6 Å². The largest absolute Gasteiger partial charge is 0.333 e. The summed E-state index contributed by atoms with van der Waals surface area (Å²) < 4.78 is 0. The van der Waals surface area contributed by atoms with Crippen LogP contribution < -0.4 is 16.0 Å². The summed E-state index contributed by atoms with van der Waals surface area (Å²) in [6.45, 7) is 1.74. The number of carbonyl (C=O) groups is 1. The molecule has 2 amide bonds. The summed E-state index contributed by atoms with van der Waals surface area (Å²) in [7, 11) is 0. The van der Waals surface area contributed by atoms with Gasteiger partial charge in [0.2, 0.25) is 0 Å². The summed E-state index contributed by atoms with van der Waals surface area (Å²) in [5.74, 6) is 0.327. The molecule has 0 aliphatic carbocycles. The number of hydrogen-bond donors (Lipinski definition) is 3. The Morgan fingerprint density at radius 3 is 2.57 bits per heavy atom. The first kappa shape index (κ1) is 15.8. The zero-order chi connectivity index (χ0) is 16.1. The van der Waals surface area contributed by atoms with E-state index < -0.39 is 0 Å². The number of rotatable bonds is 3. The van der Waals surface area contributed by atoms with Crippen LogP contribution in [0.2, 0.25) is 5.02 Å². The highest BCUT2D eigenvalue weighted by molar-refractivity contribution is 6.30. The van der Waals surface area contributed by atoms with Crippen molar-refractivity contribution in [2.24, 2.45) is 0 Å². The Bertz CT molecular complexity index is 645. The van der Waals surface area contributed by atoms with Crippen LogP contribution in [0.3, 0.4) is 0 Å². The van der Waals surface area contributed by atoms with Gasteiger partial charge in [0.05, 0.1) is 0 Å². The molecular weight excluding hydrogens is 310 g/mol. The van der Waals surface area contributed by atoms with Crippen molar-refractivity contribution in [3.63, 3.8) is 0 Å². The molecule has 1 heterocycles. The van der Waals surface area contributed by atoms with Crippen molar-refractivity contribution in [2.45, 2.75) is 18.4 Å². The molecule has 4 nitrogen and oxygen atoms in total. The zero-order valence-electron chi connectivity index (χ0n) is 12.8. The SMILES string of the molecule is O=C(Nc1ccc(Cl)cc1)NC1CNCCC1c1ccccc1. The maximum absolute atomic E-state index is 12.3. The summed E-state index contributed by atoms with van der Waals surface area (Å²) in [6.07, 6.45) is 1.01. The van der Waals surface area contributed by atoms with Gasteiger partial charge in [-0.15, -0.1) is 0 Å². The van der Waals surface area contributed by atoms with Crippen LogP contribution in [0, 0.1) is 0 Å². The number of halogens is 1. The first-order valence-electron chi connectivity index (χ1n) is 7.81. The number of benzene rings is 2. The molecule has 3 rings (SSSR count). The number of urea groups is 1. The van der Waals surface area contributed by atoms with Crippen LogP contribution in [-0.4, -0.2) is 25.2 Å². The lowest BCUT2D eigenvalue weighted by Crippen LogP contribution is -2.51. The Kier molecular flexibility index (Phi) is 5.16. The maximum Gasteiger partial charge on any atom is 0.319 e. The Morgan fingerprint density at radius 2 is 1.83 bits per heavy atom. The molecule has 1 aliphatic heterocycles. The van der Waals surface area contributed by atoms with Gasteiger partial charge in [-0.1, -0.05) is 41.9 Å². The summed E-state index contributed by atoms with van der Waals surface area (Å²) in [5, 5.41) is 9.94. The molecule has 1 aliphatic rings. The van der Waals surface area contributed by atoms with Crippen molar-refractivity contribution >= 4 is 23.3 Å². The van der Waals surface area contributed by atoms with Gasteiger partial charge in [-0.05, 0) is 42.8 Å². The fourth-order valence-electron chi connectivity index (χ4n) is 2.98. The van der Waals surface area contributed by atoms with E-state index >= 15 is 0 Å². The van der Waals surface area contributed by atoms with E-state index in [4.69, 9.17) is 11.6 Å². The van der Waals surface area contributed by atoms with Crippen molar-refractivity contribution in [3.8, 4) is 0 Å². The monoisotopic (exact) mass is 329 g/mol. The van der Waals surface area contributed by atoms with E-state index in [-0.39, 0.29) is 12.1 Å². The maximum atomic E-state index is 12.3. The van der Waals surface area contributed by atoms with Gasteiger partial charge in [0.1, 0.15) is 0 Å². The van der Waals surface area contributed by atoms with Crippen molar-refractivity contribution in [1.29, 1.82) is 0 Å². The molecule has 2 atom stereocenters. The highest BCUT2D eigenvalue weighted by atomic mass is 35.5. The topological polar surface area (TPSA) is 53.2 Å². The molecule has 5 heteroatoms. The minimum Gasteiger partial charge on any atom is -0.333 e. The summed E-state index contributed by atoms with van der Waals surface area (Å²) >= 11 is 5.85. The van der Waals surface area contributed by atoms with E-state index in [2.05, 4.69) is 28.1 Å². The van der Waals surface area contributed by atoms with Gasteiger partial charge in [-0.3, -0.25) is 0 Å². The number of nitrogens with one attached hydrogen (secondary N) is 3. The van der Waals surface area contributed by atoms with Gasteiger partial charge in [0, 0.05) is 29.2 Å². The second-order valence-corrected chi connectivity index (χ2v) is 6.16. The lowest BCUT2D eigenvalue weighted by atomic mass is 9.86. The normalized spacial score (nSPS) is 20.7. The molecule has 23 heavy (non-hydrogen) atoms. The molecule has 120 valence electrons. The zero-order valence-corrected chi connectivity index (χ0v) is 13.5. The average molecular weight is 330 g/mol. The molecule has 2 aromatic rings. The van der Waals surface area contributed by atoms with Gasteiger partial charge in [-0.2, -0.15) is 0 Å². The van der Waals surface area contributed by atoms with Gasteiger partial charge < -0.3 is 16.0 Å². The average Bonchev–Trinajstić information content (AvgIpc) is 2.58. The molecule has 3 N–H and O–H groups in total. The quantitative estimate of drug-likeness (QED) is 0.805. The van der Waals surface area contributed by atoms with E-state index in [0.29, 0.717) is 10.9 Å². The molecule has 0 saturated carbocycles. The molecule has 0 aromatic heterocycles. The molecule has 1 saturated heterocycles. The number of amides is 2. The Morgan fingerprint density at radius 1 is 1.09 bits per heavy atom. The lowest BCUT2D eigenvalue weighted by Gasteiger charge is -2.33. The molecule has 2 unspecified atom stereocenters. The third-order valence-electron chi connectivity index (χ3n) is 4.13. The number of piperidine rings is 1. The molecular formula is C18H20ClN3O. The van der Waals surface area contributed by atoms with Crippen molar-refractivity contribution < 1.29 is 4.79 Å². The molecule has 0 bridgehead atoms. The summed E-state index contributed by atoms with van der Waals surface area (Å²) in [5.41, 5.74) is 2.00. The number of anilines is 1. The lowest BCUT2D eigenvalue weighted by molar-refractivity contribution is 0.242. The standard InChI is InChI=1S/C18H20ClN3O/c19-14-6-8-15(9-7-14)21-18(23)22-17-12-20-11-10-16(17)13-4-2-1-3-5-13/h1-9,16-17,20H,10-12H2,(H2,21,22,23). The van der Waals surface area contributed by atoms with E-state index in [9.17, 15) is 4.79 Å². The first-order chi connectivity index (χ1) is 11.2. The highest BCUT2D eigenvalue weighted by Gasteiger charge is 2.27. The number of hydrogen-bond acceptors (Lipinski definition) is 2. The Hall–Kier alpha value is -2.04. The fraction of sp³-hybridized carbons (Fsp3) is 0.278. The predicted molar refractivity (Wildman–Crippen MR) is 94.1 cm³/mol. The van der Waals surface area contributed by atoms with Gasteiger partial charge in [0.25, 0.3) is 0 Å². The van der Waals surface area contributed by atoms with E-state index in [1.54, 1.807) is 24.3 Å². The van der Waals surface area contributed by atoms with Gasteiger partial charge in [0.15, 0.2) is 0 Å². The second kappa shape index (κ2) is 7.49.